The van der Waals surface area contributed by atoms with E-state index in [2.05, 4.69) is 4.74 Å². The fraction of sp³-hybridized carbons (Fsp3) is 0.200. The minimum absolute atomic E-state index is 0.0625. The molecule has 1 atom stereocenters. The zero-order chi connectivity index (χ0) is 16.3. The summed E-state index contributed by atoms with van der Waals surface area (Å²) in [7, 11) is 1.42. The highest BCUT2D eigenvalue weighted by molar-refractivity contribution is 5.45. The van der Waals surface area contributed by atoms with Crippen LogP contribution in [0.25, 0.3) is 0 Å². The van der Waals surface area contributed by atoms with E-state index in [1.54, 1.807) is 12.1 Å². The zero-order valence-electron chi connectivity index (χ0n) is 11.6. The van der Waals surface area contributed by atoms with E-state index in [1.807, 2.05) is 0 Å². The van der Waals surface area contributed by atoms with E-state index in [9.17, 15) is 18.3 Å². The van der Waals surface area contributed by atoms with Crippen molar-refractivity contribution in [1.29, 1.82) is 0 Å². The van der Waals surface area contributed by atoms with Crippen molar-refractivity contribution in [2.45, 2.75) is 12.4 Å². The molecular formula is C15H14F3NO3. The number of hydrogen-bond acceptors (Lipinski definition) is 4. The summed E-state index contributed by atoms with van der Waals surface area (Å²) in [5, 5.41) is 9.73. The van der Waals surface area contributed by atoms with Crippen LogP contribution in [0.15, 0.2) is 42.5 Å². The molecule has 4 nitrogen and oxygen atoms in total. The van der Waals surface area contributed by atoms with Crippen LogP contribution in [0.3, 0.4) is 0 Å². The molecule has 2 aromatic rings. The Balaban J connectivity index is 2.19. The number of methoxy groups -OCH3 is 1. The average molecular weight is 313 g/mol. The summed E-state index contributed by atoms with van der Waals surface area (Å²) in [5.74, 6) is -0.0709. The van der Waals surface area contributed by atoms with E-state index in [0.717, 1.165) is 0 Å². The second kappa shape index (κ2) is 6.15. The van der Waals surface area contributed by atoms with Gasteiger partial charge in [-0.2, -0.15) is 0 Å². The SMILES string of the molecule is COc1ccc([C@@H](N)c2ccc(OC(F)(F)F)cc2)cc1O. The summed E-state index contributed by atoms with van der Waals surface area (Å²) in [5.41, 5.74) is 7.22. The predicted molar refractivity (Wildman–Crippen MR) is 73.8 cm³/mol. The molecule has 7 heteroatoms. The molecule has 118 valence electrons. The summed E-state index contributed by atoms with van der Waals surface area (Å²) in [6.45, 7) is 0. The quantitative estimate of drug-likeness (QED) is 0.908. The molecule has 0 aliphatic heterocycles. The fourth-order valence-corrected chi connectivity index (χ4v) is 1.97. The van der Waals surface area contributed by atoms with Crippen molar-refractivity contribution in [3.8, 4) is 17.2 Å². The second-order valence-corrected chi connectivity index (χ2v) is 4.53. The molecule has 3 N–H and O–H groups in total. The molecule has 0 fully saturated rings. The smallest absolute Gasteiger partial charge is 0.504 e. The first-order chi connectivity index (χ1) is 10.3. The summed E-state index contributed by atoms with van der Waals surface area (Å²) >= 11 is 0. The van der Waals surface area contributed by atoms with Crippen molar-refractivity contribution < 1.29 is 27.8 Å². The van der Waals surface area contributed by atoms with Gasteiger partial charge < -0.3 is 20.3 Å². The minimum Gasteiger partial charge on any atom is -0.504 e. The van der Waals surface area contributed by atoms with Crippen LogP contribution in [-0.2, 0) is 0 Å². The van der Waals surface area contributed by atoms with Crippen LogP contribution in [0.4, 0.5) is 13.2 Å². The Labute approximate surface area is 124 Å². The molecule has 0 unspecified atom stereocenters. The van der Waals surface area contributed by atoms with Gasteiger partial charge in [-0.15, -0.1) is 13.2 Å². The van der Waals surface area contributed by atoms with Crippen molar-refractivity contribution in [3.63, 3.8) is 0 Å². The molecule has 0 aromatic heterocycles. The molecule has 0 aliphatic rings. The number of benzene rings is 2. The number of aromatic hydroxyl groups is 1. The normalized spacial score (nSPS) is 12.8. The molecule has 0 amide bonds. The molecule has 0 heterocycles. The Kier molecular flexibility index (Phi) is 4.46. The number of phenols is 1. The lowest BCUT2D eigenvalue weighted by atomic mass is 9.99. The van der Waals surface area contributed by atoms with Gasteiger partial charge in [-0.3, -0.25) is 0 Å². The van der Waals surface area contributed by atoms with E-state index >= 15 is 0 Å². The Hall–Kier alpha value is -2.41. The van der Waals surface area contributed by atoms with Gasteiger partial charge in [-0.1, -0.05) is 18.2 Å². The molecule has 2 aromatic carbocycles. The monoisotopic (exact) mass is 313 g/mol. The third kappa shape index (κ3) is 3.82. The fourth-order valence-electron chi connectivity index (χ4n) is 1.97. The van der Waals surface area contributed by atoms with Gasteiger partial charge in [0.2, 0.25) is 0 Å². The first kappa shape index (κ1) is 16.0. The second-order valence-electron chi connectivity index (χ2n) is 4.53. The van der Waals surface area contributed by atoms with Crippen LogP contribution >= 0.6 is 0 Å². The number of alkyl halides is 3. The standard InChI is InChI=1S/C15H14F3NO3/c1-21-13-7-4-10(8-12(13)20)14(19)9-2-5-11(6-3-9)22-15(16,17)18/h2-8,14,20H,19H2,1H3/t14-/m0/s1. The average Bonchev–Trinajstić information content (AvgIpc) is 2.45. The van der Waals surface area contributed by atoms with Crippen molar-refractivity contribution >= 4 is 0 Å². The van der Waals surface area contributed by atoms with Gasteiger partial charge in [0.15, 0.2) is 11.5 Å². The first-order valence-corrected chi connectivity index (χ1v) is 6.28. The largest absolute Gasteiger partial charge is 0.573 e. The van der Waals surface area contributed by atoms with Gasteiger partial charge in [0.1, 0.15) is 5.75 Å². The van der Waals surface area contributed by atoms with E-state index < -0.39 is 12.4 Å². The number of halogens is 3. The molecular weight excluding hydrogens is 299 g/mol. The summed E-state index contributed by atoms with van der Waals surface area (Å²) in [4.78, 5) is 0. The summed E-state index contributed by atoms with van der Waals surface area (Å²) in [6.07, 6.45) is -4.73. The molecule has 0 saturated carbocycles. The molecule has 22 heavy (non-hydrogen) atoms. The highest BCUT2D eigenvalue weighted by Crippen LogP contribution is 2.31. The van der Waals surface area contributed by atoms with E-state index in [1.165, 1.54) is 37.4 Å². The minimum atomic E-state index is -4.73. The lowest BCUT2D eigenvalue weighted by Gasteiger charge is -2.15. The third-order valence-electron chi connectivity index (χ3n) is 3.03. The maximum Gasteiger partial charge on any atom is 0.573 e. The third-order valence-corrected chi connectivity index (χ3v) is 3.03. The van der Waals surface area contributed by atoms with E-state index in [-0.39, 0.29) is 11.5 Å². The Bertz CT molecular complexity index is 641. The topological polar surface area (TPSA) is 64.7 Å². The maximum atomic E-state index is 12.1. The molecule has 0 radical (unpaired) electrons. The number of hydrogen-bond donors (Lipinski definition) is 2. The van der Waals surface area contributed by atoms with Crippen LogP contribution in [0.1, 0.15) is 17.2 Å². The van der Waals surface area contributed by atoms with Crippen molar-refractivity contribution in [1.82, 2.24) is 0 Å². The van der Waals surface area contributed by atoms with Crippen molar-refractivity contribution in [2.75, 3.05) is 7.11 Å². The maximum absolute atomic E-state index is 12.1. The van der Waals surface area contributed by atoms with E-state index in [4.69, 9.17) is 10.5 Å². The first-order valence-electron chi connectivity index (χ1n) is 6.28. The van der Waals surface area contributed by atoms with Gasteiger partial charge in [0.05, 0.1) is 13.2 Å². The molecule has 2 rings (SSSR count). The number of rotatable bonds is 4. The molecule has 0 spiro atoms. The lowest BCUT2D eigenvalue weighted by molar-refractivity contribution is -0.274. The van der Waals surface area contributed by atoms with Gasteiger partial charge >= 0.3 is 6.36 Å². The van der Waals surface area contributed by atoms with Gasteiger partial charge in [0.25, 0.3) is 0 Å². The molecule has 0 saturated heterocycles. The lowest BCUT2D eigenvalue weighted by Crippen LogP contribution is -2.17. The number of phenolic OH excluding ortho intramolecular Hbond substituents is 1. The van der Waals surface area contributed by atoms with Crippen LogP contribution in [0, 0.1) is 0 Å². The van der Waals surface area contributed by atoms with Crippen molar-refractivity contribution in [3.05, 3.63) is 53.6 Å². The van der Waals surface area contributed by atoms with Crippen LogP contribution < -0.4 is 15.2 Å². The summed E-state index contributed by atoms with van der Waals surface area (Å²) in [6, 6.07) is 9.33. The van der Waals surface area contributed by atoms with E-state index in [0.29, 0.717) is 16.9 Å². The highest BCUT2D eigenvalue weighted by Gasteiger charge is 2.31. The summed E-state index contributed by atoms with van der Waals surface area (Å²) < 4.78 is 45.0. The number of nitrogens with two attached hydrogens (primary N) is 1. The van der Waals surface area contributed by atoms with Crippen LogP contribution in [0.2, 0.25) is 0 Å². The molecule has 0 bridgehead atoms. The van der Waals surface area contributed by atoms with Gasteiger partial charge in [0, 0.05) is 0 Å². The highest BCUT2D eigenvalue weighted by atomic mass is 19.4. The number of ether oxygens (including phenoxy) is 2. The van der Waals surface area contributed by atoms with Crippen LogP contribution in [0.5, 0.6) is 17.2 Å². The van der Waals surface area contributed by atoms with Crippen LogP contribution in [-0.4, -0.2) is 18.6 Å². The predicted octanol–water partition coefficient (Wildman–Crippen LogP) is 3.35. The Morgan fingerprint density at radius 1 is 1.05 bits per heavy atom. The van der Waals surface area contributed by atoms with Gasteiger partial charge in [-0.25, -0.2) is 0 Å². The van der Waals surface area contributed by atoms with Crippen molar-refractivity contribution in [2.24, 2.45) is 5.73 Å². The molecule has 0 aliphatic carbocycles. The van der Waals surface area contributed by atoms with Gasteiger partial charge in [-0.05, 0) is 35.4 Å². The zero-order valence-corrected chi connectivity index (χ0v) is 11.6. The Morgan fingerprint density at radius 2 is 1.64 bits per heavy atom. The Morgan fingerprint density at radius 3 is 2.14 bits per heavy atom.